The van der Waals surface area contributed by atoms with Gasteiger partial charge < -0.3 is 15.2 Å². The monoisotopic (exact) mass is 265 g/mol. The van der Waals surface area contributed by atoms with E-state index < -0.39 is 5.41 Å². The molecule has 0 atom stereocenters. The summed E-state index contributed by atoms with van der Waals surface area (Å²) < 4.78 is 0. The van der Waals surface area contributed by atoms with E-state index >= 15 is 0 Å². The maximum atomic E-state index is 12.0. The van der Waals surface area contributed by atoms with Gasteiger partial charge in [0.25, 0.3) is 0 Å². The van der Waals surface area contributed by atoms with Gasteiger partial charge in [-0.25, -0.2) is 0 Å². The zero-order valence-corrected chi connectivity index (χ0v) is 12.5. The van der Waals surface area contributed by atoms with Crippen molar-refractivity contribution in [3.05, 3.63) is 27.5 Å². The number of hydrogen-bond donors (Lipinski definition) is 2. The van der Waals surface area contributed by atoms with Crippen molar-refractivity contribution in [2.24, 2.45) is 5.41 Å². The molecule has 0 saturated carbocycles. The Morgan fingerprint density at radius 1 is 1.37 bits per heavy atom. The number of rotatable bonds is 3. The molecule has 1 rings (SSSR count). The fourth-order valence-electron chi connectivity index (χ4n) is 1.69. The molecule has 0 bridgehead atoms. The minimum Gasteiger partial charge on any atom is -0.364 e. The second-order valence-corrected chi connectivity index (χ2v) is 5.97. The molecule has 0 aliphatic heterocycles. The largest absolute Gasteiger partial charge is 0.364 e. The molecular weight excluding hydrogens is 242 g/mol. The lowest BCUT2D eigenvalue weighted by Gasteiger charge is -2.20. The van der Waals surface area contributed by atoms with Crippen LogP contribution in [0.2, 0.25) is 0 Å². The Bertz CT molecular complexity index is 524. The van der Waals surface area contributed by atoms with E-state index in [0.29, 0.717) is 5.56 Å². The second-order valence-electron chi connectivity index (χ2n) is 5.97. The molecule has 106 valence electrons. The van der Waals surface area contributed by atoms with E-state index in [1.165, 1.54) is 0 Å². The van der Waals surface area contributed by atoms with Crippen LogP contribution < -0.4 is 15.6 Å². The molecule has 5 heteroatoms. The number of aromatic nitrogens is 1. The van der Waals surface area contributed by atoms with E-state index in [1.807, 2.05) is 46.7 Å². The predicted molar refractivity (Wildman–Crippen MR) is 77.4 cm³/mol. The van der Waals surface area contributed by atoms with Gasteiger partial charge in [0.2, 0.25) is 5.91 Å². The van der Waals surface area contributed by atoms with Crippen LogP contribution in [-0.4, -0.2) is 25.0 Å². The van der Waals surface area contributed by atoms with Gasteiger partial charge in [0, 0.05) is 31.3 Å². The molecule has 5 nitrogen and oxygen atoms in total. The quantitative estimate of drug-likeness (QED) is 0.868. The molecule has 0 radical (unpaired) electrons. The van der Waals surface area contributed by atoms with Gasteiger partial charge in [-0.2, -0.15) is 0 Å². The van der Waals surface area contributed by atoms with E-state index in [9.17, 15) is 9.59 Å². The highest BCUT2D eigenvalue weighted by Gasteiger charge is 2.21. The minimum absolute atomic E-state index is 0.0610. The molecular formula is C14H23N3O2. The van der Waals surface area contributed by atoms with Gasteiger partial charge in [0.05, 0.1) is 12.1 Å². The summed E-state index contributed by atoms with van der Waals surface area (Å²) in [6, 6.07) is 1.55. The smallest absolute Gasteiger partial charge is 0.225 e. The van der Waals surface area contributed by atoms with Crippen molar-refractivity contribution in [2.45, 2.75) is 34.2 Å². The SMILES string of the molecule is Cc1cc(=O)c(CNC(=O)C(C)(C)C)c(N(C)C)[nH]1. The number of nitrogens with zero attached hydrogens (tertiary/aromatic N) is 1. The number of nitrogens with one attached hydrogen (secondary N) is 2. The average molecular weight is 265 g/mol. The van der Waals surface area contributed by atoms with E-state index in [0.717, 1.165) is 11.5 Å². The number of aromatic amines is 1. The maximum Gasteiger partial charge on any atom is 0.225 e. The minimum atomic E-state index is -0.463. The first-order valence-corrected chi connectivity index (χ1v) is 6.31. The molecule has 0 unspecified atom stereocenters. The standard InChI is InChI=1S/C14H23N3O2/c1-9-7-11(18)10(12(16-9)17(5)6)8-15-13(19)14(2,3)4/h7H,8H2,1-6H3,(H,15,19)(H,16,18). The summed E-state index contributed by atoms with van der Waals surface area (Å²) in [5.41, 5.74) is 0.859. The lowest BCUT2D eigenvalue weighted by molar-refractivity contribution is -0.128. The van der Waals surface area contributed by atoms with E-state index in [4.69, 9.17) is 0 Å². The summed E-state index contributed by atoms with van der Waals surface area (Å²) in [7, 11) is 3.72. The van der Waals surface area contributed by atoms with E-state index in [2.05, 4.69) is 10.3 Å². The zero-order chi connectivity index (χ0) is 14.8. The number of anilines is 1. The van der Waals surface area contributed by atoms with Crippen molar-refractivity contribution in [2.75, 3.05) is 19.0 Å². The van der Waals surface area contributed by atoms with Crippen molar-refractivity contribution < 1.29 is 4.79 Å². The summed E-state index contributed by atoms with van der Waals surface area (Å²) in [4.78, 5) is 28.9. The Morgan fingerprint density at radius 3 is 2.42 bits per heavy atom. The molecule has 2 N–H and O–H groups in total. The van der Waals surface area contributed by atoms with Crippen LogP contribution in [0.3, 0.4) is 0 Å². The van der Waals surface area contributed by atoms with Crippen LogP contribution in [0, 0.1) is 12.3 Å². The molecule has 1 amide bonds. The third kappa shape index (κ3) is 3.84. The summed E-state index contributed by atoms with van der Waals surface area (Å²) >= 11 is 0. The number of amides is 1. The van der Waals surface area contributed by atoms with Crippen LogP contribution in [0.25, 0.3) is 0 Å². The van der Waals surface area contributed by atoms with E-state index in [1.54, 1.807) is 6.07 Å². The molecule has 0 aliphatic rings. The fraction of sp³-hybridized carbons (Fsp3) is 0.571. The average Bonchev–Trinajstić information content (AvgIpc) is 2.24. The second kappa shape index (κ2) is 5.47. The van der Waals surface area contributed by atoms with Crippen molar-refractivity contribution in [3.63, 3.8) is 0 Å². The van der Waals surface area contributed by atoms with Gasteiger partial charge in [-0.1, -0.05) is 20.8 Å². The van der Waals surface area contributed by atoms with Crippen molar-refractivity contribution >= 4 is 11.7 Å². The summed E-state index contributed by atoms with van der Waals surface area (Å²) in [6.45, 7) is 7.60. The fourth-order valence-corrected chi connectivity index (χ4v) is 1.69. The van der Waals surface area contributed by atoms with Crippen LogP contribution in [0.15, 0.2) is 10.9 Å². The number of pyridine rings is 1. The van der Waals surface area contributed by atoms with Gasteiger partial charge in [-0.15, -0.1) is 0 Å². The molecule has 0 aliphatic carbocycles. The first-order valence-electron chi connectivity index (χ1n) is 6.31. The van der Waals surface area contributed by atoms with Gasteiger partial charge in [0.1, 0.15) is 5.82 Å². The first kappa shape index (κ1) is 15.3. The van der Waals surface area contributed by atoms with E-state index in [-0.39, 0.29) is 17.9 Å². The van der Waals surface area contributed by atoms with Crippen LogP contribution in [0.4, 0.5) is 5.82 Å². The van der Waals surface area contributed by atoms with Gasteiger partial charge >= 0.3 is 0 Å². The molecule has 19 heavy (non-hydrogen) atoms. The Morgan fingerprint density at radius 2 is 1.95 bits per heavy atom. The lowest BCUT2D eigenvalue weighted by atomic mass is 9.95. The summed E-state index contributed by atoms with van der Waals surface area (Å²) in [5, 5.41) is 2.81. The number of hydrogen-bond acceptors (Lipinski definition) is 3. The Labute approximate surface area is 114 Å². The number of H-pyrrole nitrogens is 1. The van der Waals surface area contributed by atoms with Gasteiger partial charge in [-0.05, 0) is 6.92 Å². The number of aryl methyl sites for hydroxylation is 1. The van der Waals surface area contributed by atoms with Crippen LogP contribution >= 0.6 is 0 Å². The number of carbonyl (C=O) groups is 1. The van der Waals surface area contributed by atoms with Crippen LogP contribution in [-0.2, 0) is 11.3 Å². The molecule has 0 fully saturated rings. The van der Waals surface area contributed by atoms with Crippen molar-refractivity contribution in [1.29, 1.82) is 0 Å². The van der Waals surface area contributed by atoms with Crippen molar-refractivity contribution in [1.82, 2.24) is 10.3 Å². The molecule has 0 saturated heterocycles. The summed E-state index contributed by atoms with van der Waals surface area (Å²) in [6.07, 6.45) is 0. The Hall–Kier alpha value is -1.78. The molecule has 0 aromatic carbocycles. The molecule has 1 heterocycles. The number of carbonyl (C=O) groups excluding carboxylic acids is 1. The lowest BCUT2D eigenvalue weighted by Crippen LogP contribution is -2.36. The normalized spacial score (nSPS) is 11.3. The highest BCUT2D eigenvalue weighted by molar-refractivity contribution is 5.81. The van der Waals surface area contributed by atoms with Gasteiger partial charge in [0.15, 0.2) is 5.43 Å². The molecule has 0 spiro atoms. The zero-order valence-electron chi connectivity index (χ0n) is 12.5. The third-order valence-electron chi connectivity index (χ3n) is 2.80. The maximum absolute atomic E-state index is 12.0. The molecule has 1 aromatic rings. The van der Waals surface area contributed by atoms with Crippen LogP contribution in [0.1, 0.15) is 32.0 Å². The summed E-state index contributed by atoms with van der Waals surface area (Å²) in [5.74, 6) is 0.663. The Balaban J connectivity index is 3.02. The highest BCUT2D eigenvalue weighted by atomic mass is 16.2. The first-order chi connectivity index (χ1) is 8.62. The van der Waals surface area contributed by atoms with Crippen LogP contribution in [0.5, 0.6) is 0 Å². The predicted octanol–water partition coefficient (Wildman–Crippen LogP) is 1.41. The third-order valence-corrected chi connectivity index (χ3v) is 2.80. The van der Waals surface area contributed by atoms with Crippen molar-refractivity contribution in [3.8, 4) is 0 Å². The molecule has 1 aromatic heterocycles. The highest BCUT2D eigenvalue weighted by Crippen LogP contribution is 2.15. The Kier molecular flexibility index (Phi) is 4.39. The topological polar surface area (TPSA) is 65.2 Å². The van der Waals surface area contributed by atoms with Gasteiger partial charge in [-0.3, -0.25) is 9.59 Å².